The summed E-state index contributed by atoms with van der Waals surface area (Å²) in [6.45, 7) is 3.11. The maximum atomic E-state index is 12.7. The minimum atomic E-state index is -0.323. The molecule has 1 saturated heterocycles. The number of amides is 2. The third-order valence-electron chi connectivity index (χ3n) is 6.31. The second kappa shape index (κ2) is 8.71. The molecule has 0 bridgehead atoms. The normalized spacial score (nSPS) is 16.9. The number of pyridine rings is 1. The van der Waals surface area contributed by atoms with Crippen molar-refractivity contribution in [3.63, 3.8) is 0 Å². The molecule has 1 aromatic heterocycles. The quantitative estimate of drug-likeness (QED) is 0.600. The molecular formula is C25H26N4O4. The number of piperidine rings is 1. The zero-order chi connectivity index (χ0) is 22.9. The average Bonchev–Trinajstić information content (AvgIpc) is 2.84. The number of carbonyl (C=O) groups excluding carboxylic acids is 2. The van der Waals surface area contributed by atoms with Gasteiger partial charge < -0.3 is 9.47 Å². The highest BCUT2D eigenvalue weighted by molar-refractivity contribution is 5.94. The molecule has 0 aliphatic carbocycles. The Kier molecular flexibility index (Phi) is 5.60. The molecule has 2 aromatic carbocycles. The minimum absolute atomic E-state index is 0.00388. The number of aromatic nitrogens is 1. The Morgan fingerprint density at radius 3 is 2.73 bits per heavy atom. The number of hydrazine groups is 1. The third-order valence-corrected chi connectivity index (χ3v) is 6.31. The van der Waals surface area contributed by atoms with Crippen LogP contribution in [0.15, 0.2) is 54.7 Å². The van der Waals surface area contributed by atoms with Crippen LogP contribution < -0.4 is 14.6 Å². The van der Waals surface area contributed by atoms with Crippen molar-refractivity contribution >= 4 is 34.3 Å². The lowest BCUT2D eigenvalue weighted by Gasteiger charge is -2.43. The van der Waals surface area contributed by atoms with E-state index in [1.165, 1.54) is 0 Å². The van der Waals surface area contributed by atoms with Crippen molar-refractivity contribution in [2.24, 2.45) is 0 Å². The fourth-order valence-corrected chi connectivity index (χ4v) is 4.74. The van der Waals surface area contributed by atoms with Crippen LogP contribution in [0.2, 0.25) is 0 Å². The van der Waals surface area contributed by atoms with Crippen LogP contribution in [0, 0.1) is 0 Å². The fraction of sp³-hybridized carbons (Fsp3) is 0.320. The first kappa shape index (κ1) is 21.2. The van der Waals surface area contributed by atoms with E-state index >= 15 is 0 Å². The highest BCUT2D eigenvalue weighted by Crippen LogP contribution is 2.35. The molecule has 0 radical (unpaired) electrons. The number of benzene rings is 2. The molecule has 0 unspecified atom stereocenters. The van der Waals surface area contributed by atoms with Crippen molar-refractivity contribution in [1.29, 1.82) is 0 Å². The first-order chi connectivity index (χ1) is 16.0. The molecule has 3 aromatic rings. The Bertz CT molecular complexity index is 1210. The Balaban J connectivity index is 1.35. The van der Waals surface area contributed by atoms with Crippen LogP contribution in [0.25, 0.3) is 10.9 Å². The number of cyclic esters (lactones) is 1. The highest BCUT2D eigenvalue weighted by Gasteiger charge is 2.36. The lowest BCUT2D eigenvalue weighted by molar-refractivity contribution is -0.119. The Hall–Kier alpha value is -3.65. The number of hydrogen-bond acceptors (Lipinski definition) is 6. The van der Waals surface area contributed by atoms with Gasteiger partial charge in [-0.3, -0.25) is 14.7 Å². The number of ether oxygens (including phenoxy) is 2. The van der Waals surface area contributed by atoms with Crippen LogP contribution in [0.5, 0.6) is 5.75 Å². The van der Waals surface area contributed by atoms with Crippen LogP contribution in [0.3, 0.4) is 0 Å². The first-order valence-corrected chi connectivity index (χ1v) is 11.1. The molecule has 0 N–H and O–H groups in total. The van der Waals surface area contributed by atoms with Crippen LogP contribution in [0.1, 0.15) is 25.3 Å². The molecule has 170 valence electrons. The topological polar surface area (TPSA) is 75.2 Å². The molecule has 3 heterocycles. The zero-order valence-electron chi connectivity index (χ0n) is 18.7. The Morgan fingerprint density at radius 2 is 1.97 bits per heavy atom. The molecule has 0 spiro atoms. The monoisotopic (exact) mass is 446 g/mol. The first-order valence-electron chi connectivity index (χ1n) is 11.1. The molecule has 0 atom stereocenters. The second-order valence-corrected chi connectivity index (χ2v) is 8.32. The van der Waals surface area contributed by atoms with E-state index in [1.807, 2.05) is 48.5 Å². The fourth-order valence-electron chi connectivity index (χ4n) is 4.74. The summed E-state index contributed by atoms with van der Waals surface area (Å²) in [5, 5.41) is 4.77. The summed E-state index contributed by atoms with van der Waals surface area (Å²) in [5.74, 6) is 0.690. The lowest BCUT2D eigenvalue weighted by atomic mass is 10.0. The van der Waals surface area contributed by atoms with Gasteiger partial charge in [0.15, 0.2) is 0 Å². The van der Waals surface area contributed by atoms with Crippen LogP contribution in [0.4, 0.5) is 16.2 Å². The molecule has 2 aliphatic rings. The van der Waals surface area contributed by atoms with E-state index < -0.39 is 0 Å². The van der Waals surface area contributed by atoms with Gasteiger partial charge in [-0.2, -0.15) is 0 Å². The molecule has 1 fully saturated rings. The van der Waals surface area contributed by atoms with E-state index in [9.17, 15) is 9.59 Å². The summed E-state index contributed by atoms with van der Waals surface area (Å²) in [7, 11) is 1.62. The number of fused-ring (bicyclic) bond motifs is 2. The predicted octanol–water partition coefficient (Wildman–Crippen LogP) is 4.13. The van der Waals surface area contributed by atoms with Gasteiger partial charge in [-0.15, -0.1) is 0 Å². The SMILES string of the molecule is COc1ccc2c(c1)COC(=O)N2C1CCN(N(C(C)=O)c2ccc3ncccc3c2)CC1. The molecular weight excluding hydrogens is 420 g/mol. The standard InChI is InChI=1S/C25H26N4O4/c1-17(30)29(21-5-7-23-18(14-21)4-3-11-26-23)27-12-9-20(10-13-27)28-24-8-6-22(32-2)15-19(24)16-33-25(28)31/h3-8,11,14-15,20H,9-10,12-13,16H2,1-2H3. The molecule has 5 rings (SSSR count). The molecule has 2 amide bonds. The zero-order valence-corrected chi connectivity index (χ0v) is 18.7. The Morgan fingerprint density at radius 1 is 1.15 bits per heavy atom. The lowest BCUT2D eigenvalue weighted by Crippen LogP contribution is -2.54. The summed E-state index contributed by atoms with van der Waals surface area (Å²) >= 11 is 0. The van der Waals surface area contributed by atoms with E-state index in [4.69, 9.17) is 9.47 Å². The number of methoxy groups -OCH3 is 1. The van der Waals surface area contributed by atoms with E-state index in [0.29, 0.717) is 13.1 Å². The number of nitrogens with zero attached hydrogens (tertiary/aromatic N) is 4. The van der Waals surface area contributed by atoms with Crippen molar-refractivity contribution in [3.8, 4) is 5.75 Å². The van der Waals surface area contributed by atoms with Gasteiger partial charge in [0, 0.05) is 43.2 Å². The van der Waals surface area contributed by atoms with Crippen molar-refractivity contribution < 1.29 is 19.1 Å². The van der Waals surface area contributed by atoms with Gasteiger partial charge in [0.25, 0.3) is 0 Å². The van der Waals surface area contributed by atoms with Gasteiger partial charge in [-0.05, 0) is 55.3 Å². The minimum Gasteiger partial charge on any atom is -0.497 e. The molecule has 8 nitrogen and oxygen atoms in total. The second-order valence-electron chi connectivity index (χ2n) is 8.32. The number of hydrogen-bond donors (Lipinski definition) is 0. The van der Waals surface area contributed by atoms with E-state index in [0.717, 1.165) is 46.4 Å². The van der Waals surface area contributed by atoms with Gasteiger partial charge in [0.2, 0.25) is 5.91 Å². The van der Waals surface area contributed by atoms with E-state index in [-0.39, 0.29) is 24.6 Å². The van der Waals surface area contributed by atoms with Gasteiger partial charge in [0.05, 0.1) is 24.0 Å². The van der Waals surface area contributed by atoms with E-state index in [2.05, 4.69) is 9.99 Å². The van der Waals surface area contributed by atoms with E-state index in [1.54, 1.807) is 30.1 Å². The van der Waals surface area contributed by atoms with Crippen LogP contribution in [-0.2, 0) is 16.1 Å². The van der Waals surface area contributed by atoms with Crippen LogP contribution >= 0.6 is 0 Å². The maximum Gasteiger partial charge on any atom is 0.414 e. The predicted molar refractivity (Wildman–Crippen MR) is 125 cm³/mol. The molecule has 0 saturated carbocycles. The van der Waals surface area contributed by atoms with Gasteiger partial charge in [-0.25, -0.2) is 14.8 Å². The van der Waals surface area contributed by atoms with Crippen LogP contribution in [-0.4, -0.2) is 48.2 Å². The third kappa shape index (κ3) is 3.98. The average molecular weight is 447 g/mol. The van der Waals surface area contributed by atoms with Crippen molar-refractivity contribution in [3.05, 3.63) is 60.3 Å². The molecule has 2 aliphatic heterocycles. The van der Waals surface area contributed by atoms with Crippen molar-refractivity contribution in [1.82, 2.24) is 9.99 Å². The molecule has 8 heteroatoms. The Labute approximate surface area is 192 Å². The summed E-state index contributed by atoms with van der Waals surface area (Å²) in [6, 6.07) is 15.4. The summed E-state index contributed by atoms with van der Waals surface area (Å²) in [5.41, 5.74) is 3.51. The molecule has 33 heavy (non-hydrogen) atoms. The van der Waals surface area contributed by atoms with Gasteiger partial charge in [-0.1, -0.05) is 6.07 Å². The van der Waals surface area contributed by atoms with Crippen molar-refractivity contribution in [2.75, 3.05) is 30.1 Å². The highest BCUT2D eigenvalue weighted by atomic mass is 16.6. The maximum absolute atomic E-state index is 12.7. The number of carbonyl (C=O) groups is 2. The summed E-state index contributed by atoms with van der Waals surface area (Å²) in [4.78, 5) is 31.4. The van der Waals surface area contributed by atoms with Crippen molar-refractivity contribution in [2.45, 2.75) is 32.4 Å². The smallest absolute Gasteiger partial charge is 0.414 e. The van der Waals surface area contributed by atoms with Gasteiger partial charge >= 0.3 is 6.09 Å². The number of anilines is 2. The summed E-state index contributed by atoms with van der Waals surface area (Å²) in [6.07, 6.45) is 2.88. The number of rotatable bonds is 4. The summed E-state index contributed by atoms with van der Waals surface area (Å²) < 4.78 is 10.8. The van der Waals surface area contributed by atoms with Gasteiger partial charge in [0.1, 0.15) is 12.4 Å². The largest absolute Gasteiger partial charge is 0.497 e.